The maximum Gasteiger partial charge on any atom is 0.280 e. The van der Waals surface area contributed by atoms with E-state index in [9.17, 15) is 14.9 Å². The first-order chi connectivity index (χ1) is 16.5. The quantitative estimate of drug-likeness (QED) is 0.270. The van der Waals surface area contributed by atoms with Crippen LogP contribution >= 0.6 is 0 Å². The summed E-state index contributed by atoms with van der Waals surface area (Å²) in [5.41, 5.74) is 1.76. The highest BCUT2D eigenvalue weighted by molar-refractivity contribution is 5.99. The summed E-state index contributed by atoms with van der Waals surface area (Å²) < 4.78 is 6.33. The summed E-state index contributed by atoms with van der Waals surface area (Å²) in [5, 5.41) is 20.3. The highest BCUT2D eigenvalue weighted by Crippen LogP contribution is 2.31. The van der Waals surface area contributed by atoms with Gasteiger partial charge in [-0.3, -0.25) is 14.9 Å². The number of nitrogens with zero attached hydrogens (tertiary/aromatic N) is 3. The third-order valence-corrected chi connectivity index (χ3v) is 6.19. The molecule has 7 heteroatoms. The van der Waals surface area contributed by atoms with Crippen molar-refractivity contribution in [1.82, 2.24) is 4.90 Å². The van der Waals surface area contributed by atoms with Crippen molar-refractivity contribution in [3.63, 3.8) is 0 Å². The van der Waals surface area contributed by atoms with Crippen LogP contribution in [0.1, 0.15) is 40.2 Å². The molecule has 0 bridgehead atoms. The molecule has 7 nitrogen and oxygen atoms in total. The molecule has 1 heterocycles. The predicted molar refractivity (Wildman–Crippen MR) is 128 cm³/mol. The van der Waals surface area contributed by atoms with Gasteiger partial charge in [0.2, 0.25) is 0 Å². The second-order valence-electron chi connectivity index (χ2n) is 8.35. The largest absolute Gasteiger partial charge is 0.490 e. The van der Waals surface area contributed by atoms with Crippen LogP contribution < -0.4 is 4.74 Å². The minimum atomic E-state index is -0.509. The Hall–Kier alpha value is -4.02. The topological polar surface area (TPSA) is 96.5 Å². The van der Waals surface area contributed by atoms with Crippen molar-refractivity contribution in [2.45, 2.75) is 24.9 Å². The number of carbonyl (C=O) groups is 1. The van der Waals surface area contributed by atoms with Crippen LogP contribution in [0.3, 0.4) is 0 Å². The molecule has 0 aromatic heterocycles. The van der Waals surface area contributed by atoms with Crippen LogP contribution in [0.25, 0.3) is 0 Å². The SMILES string of the molecule is N#Cc1ccc(O[C@@H]2CCN(CCC(=O)c3ccccc3[N+](=O)[O-])C[C@@H]2c2ccccc2)cc1. The second kappa shape index (κ2) is 10.7. The molecule has 34 heavy (non-hydrogen) atoms. The van der Waals surface area contributed by atoms with E-state index in [1.807, 2.05) is 30.3 Å². The first-order valence-electron chi connectivity index (χ1n) is 11.3. The molecular weight excluding hydrogens is 430 g/mol. The van der Waals surface area contributed by atoms with Crippen LogP contribution in [-0.4, -0.2) is 41.3 Å². The zero-order valence-electron chi connectivity index (χ0n) is 18.7. The average Bonchev–Trinajstić information content (AvgIpc) is 2.88. The number of hydrogen-bond donors (Lipinski definition) is 0. The lowest BCUT2D eigenvalue weighted by atomic mass is 9.87. The number of carbonyl (C=O) groups excluding carboxylic acids is 1. The molecule has 0 unspecified atom stereocenters. The molecule has 0 saturated carbocycles. The smallest absolute Gasteiger partial charge is 0.280 e. The Morgan fingerprint density at radius 3 is 2.47 bits per heavy atom. The molecule has 3 aromatic carbocycles. The number of nitriles is 1. The molecule has 0 amide bonds. The van der Waals surface area contributed by atoms with E-state index in [0.717, 1.165) is 30.8 Å². The van der Waals surface area contributed by atoms with Gasteiger partial charge >= 0.3 is 0 Å². The molecule has 1 aliphatic rings. The summed E-state index contributed by atoms with van der Waals surface area (Å²) in [4.78, 5) is 25.7. The minimum absolute atomic E-state index is 0.0440. The van der Waals surface area contributed by atoms with E-state index in [1.165, 1.54) is 12.1 Å². The van der Waals surface area contributed by atoms with E-state index in [4.69, 9.17) is 10.00 Å². The third kappa shape index (κ3) is 5.48. The van der Waals surface area contributed by atoms with E-state index in [0.29, 0.717) is 12.1 Å². The number of benzene rings is 3. The summed E-state index contributed by atoms with van der Waals surface area (Å²) in [6.07, 6.45) is 0.949. The molecule has 0 spiro atoms. The minimum Gasteiger partial charge on any atom is -0.490 e. The number of nitro groups is 1. The number of ether oxygens (including phenoxy) is 1. The van der Waals surface area contributed by atoms with Crippen molar-refractivity contribution >= 4 is 11.5 Å². The molecule has 1 aliphatic heterocycles. The van der Waals surface area contributed by atoms with Gasteiger partial charge < -0.3 is 9.64 Å². The Kier molecular flexibility index (Phi) is 7.31. The van der Waals surface area contributed by atoms with Crippen LogP contribution in [0.2, 0.25) is 0 Å². The van der Waals surface area contributed by atoms with Gasteiger partial charge in [0.15, 0.2) is 5.78 Å². The van der Waals surface area contributed by atoms with Gasteiger partial charge in [-0.25, -0.2) is 0 Å². The van der Waals surface area contributed by atoms with Gasteiger partial charge in [-0.05, 0) is 42.3 Å². The standard InChI is InChI=1S/C27H25N3O4/c28-18-20-10-12-22(13-11-20)34-27-15-17-29(19-24(27)21-6-2-1-3-7-21)16-14-26(31)23-8-4-5-9-25(23)30(32)33/h1-13,24,27H,14-17,19H2/t24-,27-/m1/s1. The average molecular weight is 456 g/mol. The molecule has 4 rings (SSSR count). The van der Waals surface area contributed by atoms with Crippen LogP contribution in [0.4, 0.5) is 5.69 Å². The molecule has 172 valence electrons. The molecule has 1 fully saturated rings. The van der Waals surface area contributed by atoms with Gasteiger partial charge in [0.05, 0.1) is 22.1 Å². The van der Waals surface area contributed by atoms with Gasteiger partial charge in [0.25, 0.3) is 5.69 Å². The maximum atomic E-state index is 12.7. The van der Waals surface area contributed by atoms with E-state index in [2.05, 4.69) is 23.1 Å². The van der Waals surface area contributed by atoms with Crippen molar-refractivity contribution < 1.29 is 14.5 Å². The van der Waals surface area contributed by atoms with Crippen LogP contribution in [-0.2, 0) is 0 Å². The molecule has 2 atom stereocenters. The number of likely N-dealkylation sites (tertiary alicyclic amines) is 1. The zero-order chi connectivity index (χ0) is 23.9. The van der Waals surface area contributed by atoms with Crippen molar-refractivity contribution in [3.8, 4) is 11.8 Å². The molecular formula is C27H25N3O4. The lowest BCUT2D eigenvalue weighted by molar-refractivity contribution is -0.385. The first kappa shape index (κ1) is 23.1. The van der Waals surface area contributed by atoms with Crippen molar-refractivity contribution in [2.24, 2.45) is 0 Å². The second-order valence-corrected chi connectivity index (χ2v) is 8.35. The Bertz CT molecular complexity index is 1190. The number of rotatable bonds is 8. The Labute approximate surface area is 198 Å². The Morgan fingerprint density at radius 1 is 1.06 bits per heavy atom. The lowest BCUT2D eigenvalue weighted by Gasteiger charge is -2.38. The predicted octanol–water partition coefficient (Wildman–Crippen LogP) is 4.98. The number of ketones is 1. The van der Waals surface area contributed by atoms with Gasteiger partial charge in [-0.15, -0.1) is 0 Å². The van der Waals surface area contributed by atoms with Gasteiger partial charge in [-0.1, -0.05) is 42.5 Å². The zero-order valence-corrected chi connectivity index (χ0v) is 18.7. The van der Waals surface area contributed by atoms with E-state index in [1.54, 1.807) is 24.3 Å². The molecule has 1 saturated heterocycles. The highest BCUT2D eigenvalue weighted by atomic mass is 16.6. The van der Waals surface area contributed by atoms with Gasteiger partial charge in [0.1, 0.15) is 11.9 Å². The highest BCUT2D eigenvalue weighted by Gasteiger charge is 2.32. The summed E-state index contributed by atoms with van der Waals surface area (Å²) in [5.74, 6) is 0.608. The van der Waals surface area contributed by atoms with Crippen LogP contribution in [0, 0.1) is 21.4 Å². The summed E-state index contributed by atoms with van der Waals surface area (Å²) in [6.45, 7) is 2.00. The normalized spacial score (nSPS) is 18.1. The van der Waals surface area contributed by atoms with Crippen molar-refractivity contribution in [2.75, 3.05) is 19.6 Å². The monoisotopic (exact) mass is 455 g/mol. The molecule has 0 radical (unpaired) electrons. The fourth-order valence-corrected chi connectivity index (χ4v) is 4.41. The number of para-hydroxylation sites is 1. The lowest BCUT2D eigenvalue weighted by Crippen LogP contribution is -2.44. The van der Waals surface area contributed by atoms with Crippen molar-refractivity contribution in [1.29, 1.82) is 5.26 Å². The fraction of sp³-hybridized carbons (Fsp3) is 0.259. The fourth-order valence-electron chi connectivity index (χ4n) is 4.41. The van der Waals surface area contributed by atoms with Gasteiger partial charge in [0, 0.05) is 38.0 Å². The van der Waals surface area contributed by atoms with Crippen LogP contribution in [0.5, 0.6) is 5.75 Å². The Morgan fingerprint density at radius 2 is 1.76 bits per heavy atom. The van der Waals surface area contributed by atoms with Gasteiger partial charge in [-0.2, -0.15) is 5.26 Å². The summed E-state index contributed by atoms with van der Waals surface area (Å²) in [7, 11) is 0. The van der Waals surface area contributed by atoms with E-state index >= 15 is 0 Å². The number of piperidine rings is 1. The molecule has 0 aliphatic carbocycles. The van der Waals surface area contributed by atoms with Crippen molar-refractivity contribution in [3.05, 3.63) is 106 Å². The number of nitro benzene ring substituents is 1. The summed E-state index contributed by atoms with van der Waals surface area (Å²) in [6, 6.07) is 25.5. The van der Waals surface area contributed by atoms with E-state index in [-0.39, 0.29) is 35.5 Å². The molecule has 3 aromatic rings. The maximum absolute atomic E-state index is 12.7. The number of Topliss-reactive ketones (excluding diaryl/α,β-unsaturated/α-hetero) is 1. The van der Waals surface area contributed by atoms with E-state index < -0.39 is 4.92 Å². The Balaban J connectivity index is 1.45. The number of hydrogen-bond acceptors (Lipinski definition) is 6. The third-order valence-electron chi connectivity index (χ3n) is 6.19. The molecule has 0 N–H and O–H groups in total. The van der Waals surface area contributed by atoms with Crippen LogP contribution in [0.15, 0.2) is 78.9 Å². The first-order valence-corrected chi connectivity index (χ1v) is 11.3. The summed E-state index contributed by atoms with van der Waals surface area (Å²) >= 11 is 0.